The van der Waals surface area contributed by atoms with Crippen molar-refractivity contribution < 1.29 is 32.4 Å². The predicted molar refractivity (Wildman–Crippen MR) is 128 cm³/mol. The maximum Gasteiger partial charge on any atom is 0.343 e. The fraction of sp³-hybridized carbons (Fsp3) is 0.429. The molecule has 5 nitrogen and oxygen atoms in total. The minimum Gasteiger partial charge on any atom is -0.459 e. The highest BCUT2D eigenvalue weighted by molar-refractivity contribution is 5.81. The lowest BCUT2D eigenvalue weighted by molar-refractivity contribution is -0.696. The number of carbonyl (C=O) groups is 1. The van der Waals surface area contributed by atoms with Gasteiger partial charge in [0.15, 0.2) is 5.60 Å². The highest BCUT2D eigenvalue weighted by Crippen LogP contribution is 2.47. The second-order valence-corrected chi connectivity index (χ2v) is 9.82. The van der Waals surface area contributed by atoms with Gasteiger partial charge in [-0.15, -0.1) is 0 Å². The summed E-state index contributed by atoms with van der Waals surface area (Å²) in [5, 5.41) is 11.5. The van der Waals surface area contributed by atoms with E-state index in [4.69, 9.17) is 4.74 Å². The van der Waals surface area contributed by atoms with Gasteiger partial charge in [-0.05, 0) is 29.7 Å². The van der Waals surface area contributed by atoms with Gasteiger partial charge in [0.1, 0.15) is 37.9 Å². The molecule has 192 valence electrons. The molecule has 0 bridgehead atoms. The maximum atomic E-state index is 14.0. The fourth-order valence-corrected chi connectivity index (χ4v) is 5.12. The number of esters is 1. The van der Waals surface area contributed by atoms with Gasteiger partial charge in [-0.1, -0.05) is 56.3 Å². The summed E-state index contributed by atoms with van der Waals surface area (Å²) < 4.78 is 50.8. The second-order valence-electron chi connectivity index (χ2n) is 9.82. The van der Waals surface area contributed by atoms with Crippen LogP contribution >= 0.6 is 0 Å². The molecule has 1 saturated carbocycles. The van der Waals surface area contributed by atoms with E-state index in [0.29, 0.717) is 13.1 Å². The largest absolute Gasteiger partial charge is 0.459 e. The Balaban J connectivity index is 1.48. The number of ether oxygens (including phenoxy) is 1. The highest BCUT2D eigenvalue weighted by atomic mass is 19.3. The topological polar surface area (TPSA) is 55.3 Å². The molecule has 8 heteroatoms. The van der Waals surface area contributed by atoms with E-state index in [-0.39, 0.29) is 36.7 Å². The lowest BCUT2D eigenvalue weighted by Gasteiger charge is -2.32. The molecule has 36 heavy (non-hydrogen) atoms. The summed E-state index contributed by atoms with van der Waals surface area (Å²) >= 11 is 0. The van der Waals surface area contributed by atoms with Crippen LogP contribution in [0, 0.1) is 11.7 Å². The summed E-state index contributed by atoms with van der Waals surface area (Å²) in [5.74, 6) is -3.90. The zero-order chi connectivity index (χ0) is 25.9. The van der Waals surface area contributed by atoms with Crippen LogP contribution in [-0.2, 0) is 28.2 Å². The minimum atomic E-state index is -2.91. The Morgan fingerprint density at radius 3 is 2.50 bits per heavy atom. The summed E-state index contributed by atoms with van der Waals surface area (Å²) in [5.41, 5.74) is -0.922. The quantitative estimate of drug-likeness (QED) is 0.333. The van der Waals surface area contributed by atoms with Gasteiger partial charge in [0.05, 0.1) is 5.92 Å². The molecule has 0 unspecified atom stereocenters. The molecule has 2 aromatic carbocycles. The van der Waals surface area contributed by atoms with Crippen LogP contribution in [0.2, 0.25) is 0 Å². The average molecular weight is 502 g/mol. The van der Waals surface area contributed by atoms with Crippen LogP contribution in [0.25, 0.3) is 0 Å². The minimum absolute atomic E-state index is 0.0258. The van der Waals surface area contributed by atoms with Crippen molar-refractivity contribution >= 4 is 5.97 Å². The molecule has 0 aliphatic heterocycles. The van der Waals surface area contributed by atoms with E-state index in [1.807, 2.05) is 30.8 Å². The number of alkyl halides is 2. The van der Waals surface area contributed by atoms with Crippen molar-refractivity contribution in [3.05, 3.63) is 89.8 Å². The first kappa shape index (κ1) is 25.9. The van der Waals surface area contributed by atoms with Gasteiger partial charge < -0.3 is 9.84 Å². The number of carbonyl (C=O) groups excluding carboxylic acids is 1. The van der Waals surface area contributed by atoms with Crippen LogP contribution in [0.1, 0.15) is 56.0 Å². The lowest BCUT2D eigenvalue weighted by Crippen LogP contribution is -2.44. The van der Waals surface area contributed by atoms with Gasteiger partial charge >= 0.3 is 5.97 Å². The zero-order valence-electron chi connectivity index (χ0n) is 20.5. The molecule has 2 atom stereocenters. The van der Waals surface area contributed by atoms with Gasteiger partial charge in [-0.2, -0.15) is 0 Å². The van der Waals surface area contributed by atoms with E-state index < -0.39 is 29.8 Å². The number of hydrogen-bond donors (Lipinski definition) is 1. The fourth-order valence-electron chi connectivity index (χ4n) is 5.12. The van der Waals surface area contributed by atoms with E-state index in [9.17, 15) is 23.1 Å². The van der Waals surface area contributed by atoms with Gasteiger partial charge in [-0.25, -0.2) is 27.1 Å². The standard InChI is InChI=1S/C28H32F3N2O3/c1-20(2)25-32(14-15-33(25)19-21-8-10-24(29)11-9-21)16-17-36-26(34)28(35,22-6-4-3-5-7-22)23-12-13-27(30,31)18-23/h3-11,14-15,20,23,35H,12-13,16-19H2,1-2H3/q+1/t23-,28+/m1/s1. The molecule has 0 radical (unpaired) electrons. The monoisotopic (exact) mass is 501 g/mol. The third-order valence-electron chi connectivity index (χ3n) is 6.88. The van der Waals surface area contributed by atoms with Crippen molar-refractivity contribution in [2.24, 2.45) is 5.92 Å². The van der Waals surface area contributed by atoms with Crippen LogP contribution in [0.3, 0.4) is 0 Å². The van der Waals surface area contributed by atoms with E-state index in [1.165, 1.54) is 12.1 Å². The van der Waals surface area contributed by atoms with Crippen molar-refractivity contribution in [3.8, 4) is 0 Å². The van der Waals surface area contributed by atoms with Crippen molar-refractivity contribution in [1.82, 2.24) is 4.57 Å². The number of aliphatic hydroxyl groups is 1. The molecular formula is C28H32F3N2O3+. The van der Waals surface area contributed by atoms with Gasteiger partial charge in [-0.3, -0.25) is 0 Å². The first-order chi connectivity index (χ1) is 17.1. The smallest absolute Gasteiger partial charge is 0.343 e. The van der Waals surface area contributed by atoms with Gasteiger partial charge in [0.25, 0.3) is 5.82 Å². The summed E-state index contributed by atoms with van der Waals surface area (Å²) in [6.45, 7) is 4.97. The average Bonchev–Trinajstić information content (AvgIpc) is 3.43. The van der Waals surface area contributed by atoms with Gasteiger partial charge in [0.2, 0.25) is 5.92 Å². The third-order valence-corrected chi connectivity index (χ3v) is 6.88. The number of aromatic nitrogens is 2. The molecule has 0 amide bonds. The number of hydrogen-bond acceptors (Lipinski definition) is 3. The highest BCUT2D eigenvalue weighted by Gasteiger charge is 2.54. The molecule has 3 aromatic rings. The van der Waals surface area contributed by atoms with Crippen molar-refractivity contribution in [2.45, 2.75) is 63.6 Å². The Morgan fingerprint density at radius 1 is 1.19 bits per heavy atom. The number of nitrogens with zero attached hydrogens (tertiary/aromatic N) is 2. The summed E-state index contributed by atoms with van der Waals surface area (Å²) in [7, 11) is 0. The van der Waals surface area contributed by atoms with Crippen molar-refractivity contribution in [2.75, 3.05) is 6.61 Å². The Hall–Kier alpha value is -3.13. The maximum absolute atomic E-state index is 14.0. The van der Waals surface area contributed by atoms with Crippen molar-refractivity contribution in [3.63, 3.8) is 0 Å². The van der Waals surface area contributed by atoms with Crippen LogP contribution in [0.15, 0.2) is 67.0 Å². The Morgan fingerprint density at radius 2 is 1.89 bits per heavy atom. The Kier molecular flexibility index (Phi) is 7.54. The molecular weight excluding hydrogens is 469 g/mol. The van der Waals surface area contributed by atoms with Crippen LogP contribution < -0.4 is 4.57 Å². The van der Waals surface area contributed by atoms with E-state index >= 15 is 0 Å². The molecule has 1 N–H and O–H groups in total. The first-order valence-electron chi connectivity index (χ1n) is 12.3. The van der Waals surface area contributed by atoms with E-state index in [1.54, 1.807) is 42.5 Å². The van der Waals surface area contributed by atoms with E-state index in [2.05, 4.69) is 4.57 Å². The zero-order valence-corrected chi connectivity index (χ0v) is 20.5. The Labute approximate surface area is 209 Å². The molecule has 0 saturated heterocycles. The molecule has 1 aliphatic rings. The number of rotatable bonds is 9. The normalized spacial score (nSPS) is 18.8. The molecule has 1 aliphatic carbocycles. The second kappa shape index (κ2) is 10.5. The summed E-state index contributed by atoms with van der Waals surface area (Å²) in [4.78, 5) is 13.2. The van der Waals surface area contributed by atoms with Gasteiger partial charge in [0, 0.05) is 18.8 Å². The third kappa shape index (κ3) is 5.48. The number of benzene rings is 2. The Bertz CT molecular complexity index is 1180. The molecule has 1 fully saturated rings. The van der Waals surface area contributed by atoms with Crippen LogP contribution in [-0.4, -0.2) is 28.2 Å². The molecule has 1 aromatic heterocycles. The number of imidazole rings is 1. The van der Waals surface area contributed by atoms with Crippen molar-refractivity contribution in [1.29, 1.82) is 0 Å². The first-order valence-corrected chi connectivity index (χ1v) is 12.3. The number of halogens is 3. The van der Waals surface area contributed by atoms with Crippen LogP contribution in [0.4, 0.5) is 13.2 Å². The van der Waals surface area contributed by atoms with Crippen LogP contribution in [0.5, 0.6) is 0 Å². The molecule has 0 spiro atoms. The summed E-state index contributed by atoms with van der Waals surface area (Å²) in [6, 6.07) is 14.5. The molecule has 1 heterocycles. The van der Waals surface area contributed by atoms with E-state index in [0.717, 1.165) is 11.4 Å². The molecule has 4 rings (SSSR count). The predicted octanol–water partition coefficient (Wildman–Crippen LogP) is 4.95. The SMILES string of the molecule is CC(C)c1n(CCOC(=O)[C@](O)(c2ccccc2)[C@@H]2CCC(F)(F)C2)cc[n+]1Cc1ccc(F)cc1. The summed E-state index contributed by atoms with van der Waals surface area (Å²) in [6.07, 6.45) is 2.91. The lowest BCUT2D eigenvalue weighted by atomic mass is 9.80.